The van der Waals surface area contributed by atoms with Crippen LogP contribution in [0, 0.1) is 0 Å². The van der Waals surface area contributed by atoms with E-state index in [9.17, 15) is 9.59 Å². The Hall–Kier alpha value is -0.180. The van der Waals surface area contributed by atoms with E-state index in [0.717, 1.165) is 34.6 Å². The highest BCUT2D eigenvalue weighted by molar-refractivity contribution is 8.24. The minimum Gasteiger partial charge on any atom is -0.297 e. The normalized spacial score (nSPS) is 17.8. The molecule has 0 bridgehead atoms. The number of thiocarbonyl (C=S) groups is 2. The molecule has 2 aliphatic rings. The summed E-state index contributed by atoms with van der Waals surface area (Å²) in [5, 5.41) is 0. The molecule has 2 fully saturated rings. The first-order valence-corrected chi connectivity index (χ1v) is 12.3. The molecule has 2 heterocycles. The van der Waals surface area contributed by atoms with Gasteiger partial charge in [-0.1, -0.05) is 99.3 Å². The first-order valence-electron chi connectivity index (χ1n) is 9.54. The Balaban J connectivity index is 1.34. The zero-order valence-corrected chi connectivity index (χ0v) is 18.5. The van der Waals surface area contributed by atoms with Crippen molar-refractivity contribution in [1.82, 2.24) is 9.80 Å². The van der Waals surface area contributed by atoms with E-state index in [2.05, 4.69) is 0 Å². The number of unbranched alkanes of at least 4 members (excludes halogenated alkanes) is 9. The summed E-state index contributed by atoms with van der Waals surface area (Å²) < 4.78 is 1.51. The van der Waals surface area contributed by atoms with E-state index >= 15 is 0 Å². The Labute approximate surface area is 176 Å². The second-order valence-corrected chi connectivity index (χ2v) is 9.95. The number of hydrogen-bond donors (Lipinski definition) is 0. The fraction of sp³-hybridized carbons (Fsp3) is 0.778. The van der Waals surface area contributed by atoms with Gasteiger partial charge in [-0.05, 0) is 12.8 Å². The second kappa shape index (κ2) is 12.3. The van der Waals surface area contributed by atoms with Crippen LogP contribution in [0.25, 0.3) is 0 Å². The Bertz CT molecular complexity index is 449. The molecule has 0 atom stereocenters. The van der Waals surface area contributed by atoms with E-state index in [1.165, 1.54) is 74.9 Å². The highest BCUT2D eigenvalue weighted by Gasteiger charge is 2.26. The van der Waals surface area contributed by atoms with Gasteiger partial charge in [-0.15, -0.1) is 0 Å². The molecule has 26 heavy (non-hydrogen) atoms. The van der Waals surface area contributed by atoms with Crippen LogP contribution in [-0.2, 0) is 9.59 Å². The summed E-state index contributed by atoms with van der Waals surface area (Å²) in [7, 11) is 0. The van der Waals surface area contributed by atoms with Gasteiger partial charge in [0.1, 0.15) is 8.64 Å². The lowest BCUT2D eigenvalue weighted by Crippen LogP contribution is -2.29. The highest BCUT2D eigenvalue weighted by atomic mass is 32.2. The van der Waals surface area contributed by atoms with Crippen LogP contribution in [-0.4, -0.2) is 54.9 Å². The molecule has 8 heteroatoms. The Morgan fingerprint density at radius 2 is 0.923 bits per heavy atom. The maximum Gasteiger partial charge on any atom is 0.238 e. The van der Waals surface area contributed by atoms with Gasteiger partial charge >= 0.3 is 0 Å². The maximum atomic E-state index is 11.6. The number of carbonyl (C=O) groups is 2. The van der Waals surface area contributed by atoms with Crippen molar-refractivity contribution in [3.63, 3.8) is 0 Å². The van der Waals surface area contributed by atoms with Crippen molar-refractivity contribution in [1.29, 1.82) is 0 Å². The van der Waals surface area contributed by atoms with Gasteiger partial charge in [-0.25, -0.2) is 0 Å². The number of hydrogen-bond acceptors (Lipinski definition) is 6. The average molecular weight is 433 g/mol. The summed E-state index contributed by atoms with van der Waals surface area (Å²) in [5.41, 5.74) is 0. The molecule has 0 aromatic heterocycles. The van der Waals surface area contributed by atoms with E-state index in [0.29, 0.717) is 11.5 Å². The van der Waals surface area contributed by atoms with E-state index in [4.69, 9.17) is 24.4 Å². The van der Waals surface area contributed by atoms with Crippen molar-refractivity contribution in [3.05, 3.63) is 0 Å². The smallest absolute Gasteiger partial charge is 0.238 e. The van der Waals surface area contributed by atoms with Crippen molar-refractivity contribution in [3.8, 4) is 0 Å². The molecule has 0 N–H and O–H groups in total. The Morgan fingerprint density at radius 1 is 0.615 bits per heavy atom. The quantitative estimate of drug-likeness (QED) is 0.313. The molecule has 0 radical (unpaired) electrons. The zero-order chi connectivity index (χ0) is 18.8. The van der Waals surface area contributed by atoms with Gasteiger partial charge < -0.3 is 0 Å². The van der Waals surface area contributed by atoms with Crippen LogP contribution in [0.15, 0.2) is 0 Å². The SMILES string of the molecule is O=C1CSC(=S)N1CCCCCCCCCCCCN1C(=O)CSC1=S. The fourth-order valence-corrected chi connectivity index (χ4v) is 5.39. The van der Waals surface area contributed by atoms with Crippen LogP contribution in [0.2, 0.25) is 0 Å². The Kier molecular flexibility index (Phi) is 10.5. The number of thioether (sulfide) groups is 2. The van der Waals surface area contributed by atoms with Crippen molar-refractivity contribution in [2.24, 2.45) is 0 Å². The molecule has 2 saturated heterocycles. The standard InChI is InChI=1S/C18H28N2O2S4/c21-15-13-25-17(23)19(15)11-9-7-5-3-1-2-4-6-8-10-12-20-16(22)14-26-18(20)24/h1-14H2. The van der Waals surface area contributed by atoms with Gasteiger partial charge in [0.25, 0.3) is 0 Å². The monoisotopic (exact) mass is 432 g/mol. The second-order valence-electron chi connectivity index (χ2n) is 6.74. The third-order valence-corrected chi connectivity index (χ3v) is 7.56. The van der Waals surface area contributed by atoms with Crippen molar-refractivity contribution >= 4 is 68.4 Å². The largest absolute Gasteiger partial charge is 0.297 e. The number of nitrogens with zero attached hydrogens (tertiary/aromatic N) is 2. The van der Waals surface area contributed by atoms with Crippen molar-refractivity contribution in [2.45, 2.75) is 64.2 Å². The lowest BCUT2D eigenvalue weighted by atomic mass is 10.1. The molecule has 0 aromatic carbocycles. The molecular formula is C18H28N2O2S4. The summed E-state index contributed by atoms with van der Waals surface area (Å²) in [6.45, 7) is 1.60. The summed E-state index contributed by atoms with van der Waals surface area (Å²) in [6, 6.07) is 0. The lowest BCUT2D eigenvalue weighted by Gasteiger charge is -2.14. The van der Waals surface area contributed by atoms with Crippen LogP contribution >= 0.6 is 48.0 Å². The molecule has 2 amide bonds. The van der Waals surface area contributed by atoms with Crippen LogP contribution < -0.4 is 0 Å². The van der Waals surface area contributed by atoms with Gasteiger partial charge in [0.2, 0.25) is 11.8 Å². The predicted octanol–water partition coefficient (Wildman–Crippen LogP) is 4.61. The highest BCUT2D eigenvalue weighted by Crippen LogP contribution is 2.21. The van der Waals surface area contributed by atoms with Gasteiger partial charge in [-0.3, -0.25) is 19.4 Å². The summed E-state index contributed by atoms with van der Waals surface area (Å²) >= 11 is 13.3. The maximum absolute atomic E-state index is 11.6. The molecular weight excluding hydrogens is 404 g/mol. The van der Waals surface area contributed by atoms with E-state index in [-0.39, 0.29) is 11.8 Å². The van der Waals surface area contributed by atoms with E-state index in [1.807, 2.05) is 0 Å². The van der Waals surface area contributed by atoms with Crippen LogP contribution in [0.1, 0.15) is 64.2 Å². The Morgan fingerprint density at radius 3 is 1.19 bits per heavy atom. The summed E-state index contributed by atoms with van der Waals surface area (Å²) in [5.74, 6) is 1.40. The zero-order valence-electron chi connectivity index (χ0n) is 15.2. The molecule has 2 aliphatic heterocycles. The van der Waals surface area contributed by atoms with Crippen LogP contribution in [0.5, 0.6) is 0 Å². The van der Waals surface area contributed by atoms with Gasteiger partial charge in [0.15, 0.2) is 0 Å². The topological polar surface area (TPSA) is 40.6 Å². The van der Waals surface area contributed by atoms with Crippen LogP contribution in [0.3, 0.4) is 0 Å². The van der Waals surface area contributed by atoms with Gasteiger partial charge in [0.05, 0.1) is 11.5 Å². The molecule has 146 valence electrons. The molecule has 0 spiro atoms. The average Bonchev–Trinajstić information content (AvgIpc) is 3.11. The fourth-order valence-electron chi connectivity index (χ4n) is 3.15. The van der Waals surface area contributed by atoms with Crippen molar-refractivity contribution < 1.29 is 9.59 Å². The predicted molar refractivity (Wildman–Crippen MR) is 120 cm³/mol. The van der Waals surface area contributed by atoms with E-state index < -0.39 is 0 Å². The third kappa shape index (κ3) is 7.44. The minimum atomic E-state index is 0.176. The molecule has 2 rings (SSSR count). The molecule has 0 unspecified atom stereocenters. The minimum absolute atomic E-state index is 0.176. The van der Waals surface area contributed by atoms with Crippen LogP contribution in [0.4, 0.5) is 0 Å². The van der Waals surface area contributed by atoms with Gasteiger partial charge in [-0.2, -0.15) is 0 Å². The van der Waals surface area contributed by atoms with E-state index in [1.54, 1.807) is 9.80 Å². The lowest BCUT2D eigenvalue weighted by molar-refractivity contribution is -0.124. The summed E-state index contributed by atoms with van der Waals surface area (Å²) in [6.07, 6.45) is 12.1. The molecule has 0 aliphatic carbocycles. The summed E-state index contributed by atoms with van der Waals surface area (Å²) in [4.78, 5) is 26.7. The first kappa shape index (κ1) is 22.1. The third-order valence-electron chi connectivity index (χ3n) is 4.69. The van der Waals surface area contributed by atoms with Crippen molar-refractivity contribution in [2.75, 3.05) is 24.6 Å². The number of amides is 2. The number of rotatable bonds is 13. The molecule has 4 nitrogen and oxygen atoms in total. The molecule has 0 aromatic rings. The van der Waals surface area contributed by atoms with Gasteiger partial charge in [0, 0.05) is 13.1 Å². The first-order chi connectivity index (χ1) is 12.6. The molecule has 0 saturated carbocycles. The number of carbonyl (C=O) groups excluding carboxylic acids is 2.